The van der Waals surface area contributed by atoms with Gasteiger partial charge in [-0.2, -0.15) is 0 Å². The van der Waals surface area contributed by atoms with Gasteiger partial charge in [0.15, 0.2) is 5.96 Å². The molecule has 0 spiro atoms. The van der Waals surface area contributed by atoms with Gasteiger partial charge in [0.25, 0.3) is 0 Å². The van der Waals surface area contributed by atoms with Crippen molar-refractivity contribution in [2.75, 3.05) is 26.8 Å². The molecular formula is C22H33IN4O3S. The summed E-state index contributed by atoms with van der Waals surface area (Å²) in [6.45, 7) is 11.4. The van der Waals surface area contributed by atoms with Crippen LogP contribution in [0.25, 0.3) is 0 Å². The summed E-state index contributed by atoms with van der Waals surface area (Å²) >= 11 is 1.34. The number of carbonyl (C=O) groups is 1. The Morgan fingerprint density at radius 3 is 2.61 bits per heavy atom. The Morgan fingerprint density at radius 2 is 1.97 bits per heavy atom. The van der Waals surface area contributed by atoms with Crippen LogP contribution in [0.5, 0.6) is 5.75 Å². The maximum absolute atomic E-state index is 12.0. The summed E-state index contributed by atoms with van der Waals surface area (Å²) in [6.07, 6.45) is 0. The minimum atomic E-state index is -0.327. The van der Waals surface area contributed by atoms with Gasteiger partial charge in [-0.25, -0.2) is 9.78 Å². The summed E-state index contributed by atoms with van der Waals surface area (Å²) in [4.78, 5) is 21.3. The minimum Gasteiger partial charge on any atom is -0.491 e. The van der Waals surface area contributed by atoms with Crippen LogP contribution in [-0.2, 0) is 4.74 Å². The van der Waals surface area contributed by atoms with Gasteiger partial charge < -0.3 is 20.1 Å². The molecule has 1 atom stereocenters. The molecule has 0 fully saturated rings. The molecule has 0 saturated carbocycles. The molecule has 0 aliphatic heterocycles. The van der Waals surface area contributed by atoms with Crippen molar-refractivity contribution >= 4 is 47.2 Å². The maximum Gasteiger partial charge on any atom is 0.350 e. The van der Waals surface area contributed by atoms with Gasteiger partial charge in [-0.1, -0.05) is 32.0 Å². The molecule has 9 heteroatoms. The number of para-hydroxylation sites is 1. The van der Waals surface area contributed by atoms with Gasteiger partial charge in [-0.3, -0.25) is 4.99 Å². The third-order valence-corrected chi connectivity index (χ3v) is 5.73. The van der Waals surface area contributed by atoms with Crippen molar-refractivity contribution < 1.29 is 14.3 Å². The molecule has 1 aromatic carbocycles. The summed E-state index contributed by atoms with van der Waals surface area (Å²) in [7, 11) is 1.72. The van der Waals surface area contributed by atoms with Crippen LogP contribution in [0.15, 0.2) is 29.3 Å². The van der Waals surface area contributed by atoms with E-state index in [9.17, 15) is 4.79 Å². The Morgan fingerprint density at radius 1 is 1.26 bits per heavy atom. The number of aromatic nitrogens is 1. The van der Waals surface area contributed by atoms with Crippen LogP contribution in [0.2, 0.25) is 0 Å². The van der Waals surface area contributed by atoms with Crippen LogP contribution in [0.1, 0.15) is 65.6 Å². The lowest BCUT2D eigenvalue weighted by molar-refractivity contribution is 0.0531. The van der Waals surface area contributed by atoms with Gasteiger partial charge in [-0.05, 0) is 38.3 Å². The van der Waals surface area contributed by atoms with Gasteiger partial charge in [0.2, 0.25) is 0 Å². The number of nitrogens with one attached hydrogen (secondary N) is 2. The summed E-state index contributed by atoms with van der Waals surface area (Å²) in [5.74, 6) is 1.64. The highest BCUT2D eigenvalue weighted by molar-refractivity contribution is 14.0. The molecule has 31 heavy (non-hydrogen) atoms. The standard InChI is InChI=1S/C22H32N4O3S.HI/c1-7-28-21(27)19-15(4)25-20(30-19)16(5)26-22(23-6)24-12-13-29-18-11-9-8-10-17(18)14(2)3;/h8-11,14,16H,7,12-13H2,1-6H3,(H2,23,24,26);1H. The largest absolute Gasteiger partial charge is 0.491 e. The van der Waals surface area contributed by atoms with Crippen molar-refractivity contribution in [1.29, 1.82) is 0 Å². The number of nitrogens with zero attached hydrogens (tertiary/aromatic N) is 2. The summed E-state index contributed by atoms with van der Waals surface area (Å²) < 4.78 is 11.0. The Hall–Kier alpha value is -1.88. The van der Waals surface area contributed by atoms with Gasteiger partial charge in [0.05, 0.1) is 24.9 Å². The van der Waals surface area contributed by atoms with Gasteiger partial charge in [0.1, 0.15) is 22.2 Å². The fourth-order valence-corrected chi connectivity index (χ4v) is 3.83. The normalized spacial score (nSPS) is 12.2. The summed E-state index contributed by atoms with van der Waals surface area (Å²) in [6, 6.07) is 8.00. The van der Waals surface area contributed by atoms with Gasteiger partial charge >= 0.3 is 5.97 Å². The van der Waals surface area contributed by atoms with E-state index in [1.54, 1.807) is 14.0 Å². The Bertz CT molecular complexity index is 870. The molecule has 1 aromatic heterocycles. The zero-order valence-electron chi connectivity index (χ0n) is 19.0. The smallest absolute Gasteiger partial charge is 0.350 e. The highest BCUT2D eigenvalue weighted by atomic mass is 127. The molecule has 1 heterocycles. The topological polar surface area (TPSA) is 84.8 Å². The number of thiazole rings is 1. The number of carbonyl (C=O) groups excluding carboxylic acids is 1. The van der Waals surface area contributed by atoms with E-state index in [1.807, 2.05) is 32.0 Å². The number of hydrogen-bond donors (Lipinski definition) is 2. The van der Waals surface area contributed by atoms with Crippen LogP contribution in [0.3, 0.4) is 0 Å². The molecule has 7 nitrogen and oxygen atoms in total. The summed E-state index contributed by atoms with van der Waals surface area (Å²) in [5, 5.41) is 7.36. The van der Waals surface area contributed by atoms with E-state index in [2.05, 4.69) is 40.5 Å². The first-order valence-corrected chi connectivity index (χ1v) is 11.0. The monoisotopic (exact) mass is 560 g/mol. The predicted octanol–water partition coefficient (Wildman–Crippen LogP) is 4.67. The molecule has 0 radical (unpaired) electrons. The molecular weight excluding hydrogens is 527 g/mol. The van der Waals surface area contributed by atoms with E-state index in [0.717, 1.165) is 10.8 Å². The number of halogens is 1. The molecule has 0 aliphatic carbocycles. The van der Waals surface area contributed by atoms with Crippen molar-refractivity contribution in [1.82, 2.24) is 15.6 Å². The Labute approximate surface area is 206 Å². The quantitative estimate of drug-likeness (QED) is 0.153. The third kappa shape index (κ3) is 7.95. The van der Waals surface area contributed by atoms with Crippen LogP contribution in [0.4, 0.5) is 0 Å². The second kappa shape index (κ2) is 13.5. The van der Waals surface area contributed by atoms with Crippen LogP contribution >= 0.6 is 35.3 Å². The lowest BCUT2D eigenvalue weighted by Gasteiger charge is -2.17. The Balaban J connectivity index is 0.00000480. The predicted molar refractivity (Wildman–Crippen MR) is 137 cm³/mol. The third-order valence-electron chi connectivity index (χ3n) is 4.41. The lowest BCUT2D eigenvalue weighted by atomic mass is 10.0. The Kier molecular flexibility index (Phi) is 11.8. The SMILES string of the molecule is CCOC(=O)c1sc(C(C)NC(=NC)NCCOc2ccccc2C(C)C)nc1C.I. The second-order valence-corrected chi connectivity index (χ2v) is 8.12. The number of ether oxygens (including phenoxy) is 2. The molecule has 1 unspecified atom stereocenters. The van der Waals surface area contributed by atoms with E-state index in [0.29, 0.717) is 42.2 Å². The van der Waals surface area contributed by atoms with Crippen molar-refractivity contribution in [2.24, 2.45) is 4.99 Å². The minimum absolute atomic E-state index is 0. The number of aryl methyl sites for hydroxylation is 1. The van der Waals surface area contributed by atoms with Gasteiger partial charge in [0, 0.05) is 7.05 Å². The van der Waals surface area contributed by atoms with E-state index < -0.39 is 0 Å². The number of benzene rings is 1. The number of hydrogen-bond acceptors (Lipinski definition) is 6. The van der Waals surface area contributed by atoms with Crippen molar-refractivity contribution in [3.05, 3.63) is 45.4 Å². The molecule has 172 valence electrons. The fourth-order valence-electron chi connectivity index (χ4n) is 2.87. The first-order chi connectivity index (χ1) is 14.4. The average Bonchev–Trinajstić information content (AvgIpc) is 3.12. The van der Waals surface area contributed by atoms with E-state index in [1.165, 1.54) is 16.9 Å². The zero-order valence-corrected chi connectivity index (χ0v) is 22.2. The highest BCUT2D eigenvalue weighted by Crippen LogP contribution is 2.26. The first-order valence-electron chi connectivity index (χ1n) is 10.2. The number of esters is 1. The maximum atomic E-state index is 12.0. The van der Waals surface area contributed by atoms with Crippen molar-refractivity contribution in [3.63, 3.8) is 0 Å². The first kappa shape index (κ1) is 27.2. The number of aliphatic imine (C=N–C) groups is 1. The van der Waals surface area contributed by atoms with Crippen molar-refractivity contribution in [2.45, 2.75) is 46.6 Å². The molecule has 0 aliphatic rings. The fraction of sp³-hybridized carbons (Fsp3) is 0.500. The van der Waals surface area contributed by atoms with Gasteiger partial charge in [-0.15, -0.1) is 35.3 Å². The highest BCUT2D eigenvalue weighted by Gasteiger charge is 2.20. The number of guanidine groups is 1. The van der Waals surface area contributed by atoms with E-state index in [-0.39, 0.29) is 36.0 Å². The lowest BCUT2D eigenvalue weighted by Crippen LogP contribution is -2.40. The average molecular weight is 561 g/mol. The molecule has 0 bridgehead atoms. The van der Waals surface area contributed by atoms with Crippen LogP contribution in [0, 0.1) is 6.92 Å². The molecule has 2 N–H and O–H groups in total. The molecule has 0 amide bonds. The van der Waals surface area contributed by atoms with Crippen LogP contribution in [-0.4, -0.2) is 43.7 Å². The molecule has 0 saturated heterocycles. The zero-order chi connectivity index (χ0) is 22.1. The van der Waals surface area contributed by atoms with E-state index >= 15 is 0 Å². The molecule has 2 rings (SSSR count). The van der Waals surface area contributed by atoms with E-state index in [4.69, 9.17) is 9.47 Å². The second-order valence-electron chi connectivity index (χ2n) is 7.09. The van der Waals surface area contributed by atoms with Crippen molar-refractivity contribution in [3.8, 4) is 5.75 Å². The number of rotatable bonds is 9. The van der Waals surface area contributed by atoms with Crippen LogP contribution < -0.4 is 15.4 Å². The molecule has 2 aromatic rings. The summed E-state index contributed by atoms with van der Waals surface area (Å²) in [5.41, 5.74) is 1.88.